The third-order valence-corrected chi connectivity index (χ3v) is 2.79. The first kappa shape index (κ1) is 11.8. The summed E-state index contributed by atoms with van der Waals surface area (Å²) >= 11 is 0. The largest absolute Gasteiger partial charge is 0.502 e. The predicted molar refractivity (Wildman–Crippen MR) is 60.9 cm³/mol. The Morgan fingerprint density at radius 3 is 2.76 bits per heavy atom. The Labute approximate surface area is 98.6 Å². The summed E-state index contributed by atoms with van der Waals surface area (Å²) in [6.07, 6.45) is 0. The van der Waals surface area contributed by atoms with Crippen molar-refractivity contribution < 1.29 is 14.8 Å². The van der Waals surface area contributed by atoms with Gasteiger partial charge in [0.2, 0.25) is 0 Å². The average Bonchev–Trinajstić information content (AvgIpc) is 2.33. The van der Waals surface area contributed by atoms with Gasteiger partial charge in [0.1, 0.15) is 0 Å². The van der Waals surface area contributed by atoms with Gasteiger partial charge in [0.05, 0.1) is 18.1 Å². The molecule has 6 nitrogen and oxygen atoms in total. The number of phenolic OH excluding ortho intramolecular Hbond substituents is 1. The van der Waals surface area contributed by atoms with Gasteiger partial charge >= 0.3 is 5.69 Å². The van der Waals surface area contributed by atoms with Gasteiger partial charge in [-0.3, -0.25) is 15.0 Å². The molecule has 0 bridgehead atoms. The highest BCUT2D eigenvalue weighted by Gasteiger charge is 2.19. The minimum atomic E-state index is -0.571. The Kier molecular flexibility index (Phi) is 3.55. The van der Waals surface area contributed by atoms with Crippen LogP contribution >= 0.6 is 0 Å². The van der Waals surface area contributed by atoms with Crippen LogP contribution in [0.3, 0.4) is 0 Å². The van der Waals surface area contributed by atoms with Crippen LogP contribution in [0.15, 0.2) is 18.2 Å². The maximum Gasteiger partial charge on any atom is 0.311 e. The van der Waals surface area contributed by atoms with Crippen molar-refractivity contribution in [3.05, 3.63) is 33.9 Å². The zero-order chi connectivity index (χ0) is 12.3. The van der Waals surface area contributed by atoms with E-state index < -0.39 is 4.92 Å². The van der Waals surface area contributed by atoms with Gasteiger partial charge in [0, 0.05) is 31.3 Å². The van der Waals surface area contributed by atoms with Gasteiger partial charge in [-0.25, -0.2) is 0 Å². The normalized spacial score (nSPS) is 16.9. The maximum absolute atomic E-state index is 10.7. The average molecular weight is 238 g/mol. The first-order valence-corrected chi connectivity index (χ1v) is 5.44. The Hall–Kier alpha value is -1.66. The molecule has 17 heavy (non-hydrogen) atoms. The molecule has 0 saturated carbocycles. The molecule has 0 atom stereocenters. The maximum atomic E-state index is 10.7. The smallest absolute Gasteiger partial charge is 0.311 e. The zero-order valence-corrected chi connectivity index (χ0v) is 9.33. The van der Waals surface area contributed by atoms with Crippen molar-refractivity contribution in [3.8, 4) is 5.75 Å². The number of ether oxygens (including phenoxy) is 1. The minimum absolute atomic E-state index is 0.232. The van der Waals surface area contributed by atoms with Crippen LogP contribution in [0.25, 0.3) is 0 Å². The molecule has 1 aliphatic heterocycles. The topological polar surface area (TPSA) is 75.8 Å². The van der Waals surface area contributed by atoms with Crippen molar-refractivity contribution in [2.75, 3.05) is 26.3 Å². The Morgan fingerprint density at radius 1 is 1.41 bits per heavy atom. The van der Waals surface area contributed by atoms with Gasteiger partial charge in [-0.2, -0.15) is 0 Å². The molecule has 1 aromatic carbocycles. The molecule has 0 spiro atoms. The van der Waals surface area contributed by atoms with Crippen molar-refractivity contribution in [1.29, 1.82) is 0 Å². The number of nitro benzene ring substituents is 1. The van der Waals surface area contributed by atoms with E-state index in [0.717, 1.165) is 13.1 Å². The van der Waals surface area contributed by atoms with Gasteiger partial charge in [-0.15, -0.1) is 0 Å². The first-order valence-electron chi connectivity index (χ1n) is 5.44. The Morgan fingerprint density at radius 2 is 2.12 bits per heavy atom. The second-order valence-electron chi connectivity index (χ2n) is 3.93. The van der Waals surface area contributed by atoms with Crippen LogP contribution in [0.4, 0.5) is 5.69 Å². The lowest BCUT2D eigenvalue weighted by atomic mass is 10.1. The molecule has 0 radical (unpaired) electrons. The van der Waals surface area contributed by atoms with E-state index in [0.29, 0.717) is 25.3 Å². The van der Waals surface area contributed by atoms with Crippen LogP contribution in [0.2, 0.25) is 0 Å². The SMILES string of the molecule is O=[N+]([O-])c1cccc(CN2CCOCC2)c1O. The van der Waals surface area contributed by atoms with E-state index >= 15 is 0 Å². The molecule has 1 aromatic rings. The number of aromatic hydroxyl groups is 1. The fourth-order valence-electron chi connectivity index (χ4n) is 1.85. The number of morpholine rings is 1. The summed E-state index contributed by atoms with van der Waals surface area (Å²) in [7, 11) is 0. The molecule has 1 N–H and O–H groups in total. The lowest BCUT2D eigenvalue weighted by Crippen LogP contribution is -2.35. The summed E-state index contributed by atoms with van der Waals surface area (Å²) in [5.74, 6) is -0.232. The highest BCUT2D eigenvalue weighted by molar-refractivity contribution is 5.50. The molecule has 0 unspecified atom stereocenters. The number of hydrogen-bond acceptors (Lipinski definition) is 5. The van der Waals surface area contributed by atoms with E-state index in [1.165, 1.54) is 6.07 Å². The molecule has 1 heterocycles. The van der Waals surface area contributed by atoms with Crippen LogP contribution in [-0.2, 0) is 11.3 Å². The molecule has 0 amide bonds. The lowest BCUT2D eigenvalue weighted by molar-refractivity contribution is -0.385. The van der Waals surface area contributed by atoms with Gasteiger partial charge in [-0.1, -0.05) is 12.1 Å². The summed E-state index contributed by atoms with van der Waals surface area (Å²) < 4.78 is 5.22. The molecule has 1 saturated heterocycles. The number of hydrogen-bond donors (Lipinski definition) is 1. The van der Waals surface area contributed by atoms with E-state index in [1.54, 1.807) is 12.1 Å². The molecule has 1 fully saturated rings. The number of rotatable bonds is 3. The van der Waals surface area contributed by atoms with Crippen LogP contribution < -0.4 is 0 Å². The summed E-state index contributed by atoms with van der Waals surface area (Å²) in [5, 5.41) is 20.5. The molecule has 2 rings (SSSR count). The van der Waals surface area contributed by atoms with Gasteiger partial charge in [0.15, 0.2) is 5.75 Å². The van der Waals surface area contributed by atoms with E-state index in [9.17, 15) is 15.2 Å². The van der Waals surface area contributed by atoms with E-state index in [2.05, 4.69) is 4.90 Å². The number of para-hydroxylation sites is 1. The second-order valence-corrected chi connectivity index (χ2v) is 3.93. The highest BCUT2D eigenvalue weighted by atomic mass is 16.6. The number of phenols is 1. The van der Waals surface area contributed by atoms with Gasteiger partial charge < -0.3 is 9.84 Å². The van der Waals surface area contributed by atoms with Gasteiger partial charge in [-0.05, 0) is 0 Å². The van der Waals surface area contributed by atoms with Crippen molar-refractivity contribution in [1.82, 2.24) is 4.90 Å². The summed E-state index contributed by atoms with van der Waals surface area (Å²) in [4.78, 5) is 12.2. The number of nitro groups is 1. The fraction of sp³-hybridized carbons (Fsp3) is 0.455. The third kappa shape index (κ3) is 2.72. The van der Waals surface area contributed by atoms with Gasteiger partial charge in [0.25, 0.3) is 0 Å². The molecule has 1 aliphatic rings. The molecular formula is C11H14N2O4. The highest BCUT2D eigenvalue weighted by Crippen LogP contribution is 2.30. The summed E-state index contributed by atoms with van der Waals surface area (Å²) in [6, 6.07) is 4.60. The molecule has 92 valence electrons. The van der Waals surface area contributed by atoms with Crippen molar-refractivity contribution in [2.45, 2.75) is 6.54 Å². The Bertz CT molecular complexity index is 416. The van der Waals surface area contributed by atoms with Crippen LogP contribution in [-0.4, -0.2) is 41.2 Å². The molecule has 6 heteroatoms. The first-order chi connectivity index (χ1) is 8.18. The van der Waals surface area contributed by atoms with E-state index in [1.807, 2.05) is 0 Å². The molecule has 0 aliphatic carbocycles. The number of benzene rings is 1. The quantitative estimate of drug-likeness (QED) is 0.631. The van der Waals surface area contributed by atoms with Crippen molar-refractivity contribution in [3.63, 3.8) is 0 Å². The van der Waals surface area contributed by atoms with Crippen LogP contribution in [0, 0.1) is 10.1 Å². The van der Waals surface area contributed by atoms with Crippen molar-refractivity contribution in [2.24, 2.45) is 0 Å². The van der Waals surface area contributed by atoms with Crippen LogP contribution in [0.1, 0.15) is 5.56 Å². The van der Waals surface area contributed by atoms with E-state index in [4.69, 9.17) is 4.74 Å². The minimum Gasteiger partial charge on any atom is -0.502 e. The summed E-state index contributed by atoms with van der Waals surface area (Å²) in [5.41, 5.74) is 0.344. The van der Waals surface area contributed by atoms with Crippen LogP contribution in [0.5, 0.6) is 5.75 Å². The second kappa shape index (κ2) is 5.11. The fourth-order valence-corrected chi connectivity index (χ4v) is 1.85. The lowest BCUT2D eigenvalue weighted by Gasteiger charge is -2.26. The summed E-state index contributed by atoms with van der Waals surface area (Å²) in [6.45, 7) is 3.40. The Balaban J connectivity index is 2.15. The monoisotopic (exact) mass is 238 g/mol. The predicted octanol–water partition coefficient (Wildman–Crippen LogP) is 1.13. The van der Waals surface area contributed by atoms with E-state index in [-0.39, 0.29) is 11.4 Å². The standard InChI is InChI=1S/C11H14N2O4/c14-11-9(2-1-3-10(11)13(15)16)8-12-4-6-17-7-5-12/h1-3,14H,4-8H2. The zero-order valence-electron chi connectivity index (χ0n) is 9.33. The molecular weight excluding hydrogens is 224 g/mol. The van der Waals surface area contributed by atoms with Crippen molar-refractivity contribution >= 4 is 5.69 Å². The molecule has 0 aromatic heterocycles. The number of nitrogens with zero attached hydrogens (tertiary/aromatic N) is 2. The third-order valence-electron chi connectivity index (χ3n) is 2.79.